The summed E-state index contributed by atoms with van der Waals surface area (Å²) >= 11 is 0. The van der Waals surface area contributed by atoms with Crippen molar-refractivity contribution < 1.29 is 17.2 Å². The summed E-state index contributed by atoms with van der Waals surface area (Å²) in [5.41, 5.74) is 5.17. The average molecular weight is 278 g/mol. The largest absolute Gasteiger partial charge is 0.399 e. The van der Waals surface area contributed by atoms with Crippen LogP contribution >= 0.6 is 0 Å². The van der Waals surface area contributed by atoms with Crippen LogP contribution in [0.2, 0.25) is 0 Å². The lowest BCUT2D eigenvalue weighted by Crippen LogP contribution is -2.36. The van der Waals surface area contributed by atoms with E-state index in [0.717, 1.165) is 12.1 Å². The van der Waals surface area contributed by atoms with Gasteiger partial charge in [-0.3, -0.25) is 0 Å². The monoisotopic (exact) mass is 278 g/mol. The predicted octanol–water partition coefficient (Wildman–Crippen LogP) is 1.87. The Morgan fingerprint density at radius 1 is 1.22 bits per heavy atom. The molecule has 0 bridgehead atoms. The van der Waals surface area contributed by atoms with Gasteiger partial charge in [-0.1, -0.05) is 13.8 Å². The minimum absolute atomic E-state index is 0.0220. The van der Waals surface area contributed by atoms with Gasteiger partial charge < -0.3 is 5.73 Å². The molecule has 7 heteroatoms. The third-order valence-electron chi connectivity index (χ3n) is 2.65. The molecule has 0 fully saturated rings. The molecule has 0 saturated carbocycles. The van der Waals surface area contributed by atoms with Gasteiger partial charge >= 0.3 is 0 Å². The molecule has 1 aromatic carbocycles. The van der Waals surface area contributed by atoms with Crippen molar-refractivity contribution in [2.75, 3.05) is 5.73 Å². The number of hydrogen-bond donors (Lipinski definition) is 2. The normalized spacial score (nSPS) is 13.9. The molecule has 0 spiro atoms. The summed E-state index contributed by atoms with van der Waals surface area (Å²) < 4.78 is 52.7. The lowest BCUT2D eigenvalue weighted by molar-refractivity contribution is 0.463. The molecule has 1 unspecified atom stereocenters. The van der Waals surface area contributed by atoms with E-state index in [1.807, 2.05) is 13.8 Å². The van der Waals surface area contributed by atoms with Crippen LogP contribution in [0.1, 0.15) is 20.8 Å². The molecule has 0 radical (unpaired) electrons. The van der Waals surface area contributed by atoms with E-state index in [1.54, 1.807) is 6.92 Å². The van der Waals surface area contributed by atoms with Crippen LogP contribution in [0.15, 0.2) is 17.0 Å². The summed E-state index contributed by atoms with van der Waals surface area (Å²) in [4.78, 5) is -0.771. The topological polar surface area (TPSA) is 72.2 Å². The molecule has 0 aliphatic heterocycles. The third-order valence-corrected chi connectivity index (χ3v) is 4.21. The summed E-state index contributed by atoms with van der Waals surface area (Å²) in [6.07, 6.45) is 0. The SMILES string of the molecule is CC(C)C(C)NS(=O)(=O)c1cc(N)cc(F)c1F. The number of nitrogens with one attached hydrogen (secondary N) is 1. The fourth-order valence-electron chi connectivity index (χ4n) is 1.22. The molecule has 0 aromatic heterocycles. The van der Waals surface area contributed by atoms with Crippen molar-refractivity contribution >= 4 is 15.7 Å². The Kier molecular flexibility index (Phi) is 4.28. The van der Waals surface area contributed by atoms with Crippen LogP contribution in [-0.2, 0) is 10.0 Å². The minimum atomic E-state index is -4.13. The maximum atomic E-state index is 13.5. The number of nitrogens with two attached hydrogens (primary N) is 1. The van der Waals surface area contributed by atoms with Gasteiger partial charge in [0.2, 0.25) is 10.0 Å². The fraction of sp³-hybridized carbons (Fsp3) is 0.455. The first-order valence-corrected chi connectivity index (χ1v) is 6.90. The van der Waals surface area contributed by atoms with Crippen molar-refractivity contribution in [2.45, 2.75) is 31.7 Å². The van der Waals surface area contributed by atoms with E-state index < -0.39 is 32.6 Å². The molecule has 0 aliphatic carbocycles. The van der Waals surface area contributed by atoms with Crippen LogP contribution in [0.3, 0.4) is 0 Å². The first kappa shape index (κ1) is 14.8. The first-order chi connectivity index (χ1) is 8.15. The highest BCUT2D eigenvalue weighted by atomic mass is 32.2. The number of anilines is 1. The third kappa shape index (κ3) is 3.17. The Hall–Kier alpha value is -1.21. The Balaban J connectivity index is 3.21. The Morgan fingerprint density at radius 3 is 2.28 bits per heavy atom. The van der Waals surface area contributed by atoms with Crippen molar-refractivity contribution in [3.8, 4) is 0 Å². The van der Waals surface area contributed by atoms with Crippen LogP contribution in [0.5, 0.6) is 0 Å². The fourth-order valence-corrected chi connectivity index (χ4v) is 2.74. The molecular weight excluding hydrogens is 262 g/mol. The molecule has 0 saturated heterocycles. The molecule has 18 heavy (non-hydrogen) atoms. The van der Waals surface area contributed by atoms with Gasteiger partial charge in [0, 0.05) is 11.7 Å². The smallest absolute Gasteiger partial charge is 0.243 e. The van der Waals surface area contributed by atoms with Crippen molar-refractivity contribution in [3.05, 3.63) is 23.8 Å². The molecular formula is C11H16F2N2O2S. The molecule has 1 aromatic rings. The van der Waals surface area contributed by atoms with Gasteiger partial charge in [-0.25, -0.2) is 21.9 Å². The Labute approximate surface area is 105 Å². The van der Waals surface area contributed by atoms with E-state index in [2.05, 4.69) is 4.72 Å². The van der Waals surface area contributed by atoms with Crippen LogP contribution in [0.25, 0.3) is 0 Å². The molecule has 1 rings (SSSR count). The number of rotatable bonds is 4. The highest BCUT2D eigenvalue weighted by Crippen LogP contribution is 2.21. The standard InChI is InChI=1S/C11H16F2N2O2S/c1-6(2)7(3)15-18(16,17)10-5-8(14)4-9(12)11(10)13/h4-7,15H,14H2,1-3H3. The Morgan fingerprint density at radius 2 is 1.78 bits per heavy atom. The maximum Gasteiger partial charge on any atom is 0.243 e. The van der Waals surface area contributed by atoms with Crippen LogP contribution in [-0.4, -0.2) is 14.5 Å². The summed E-state index contributed by atoms with van der Waals surface area (Å²) in [6, 6.07) is 1.23. The van der Waals surface area contributed by atoms with Gasteiger partial charge in [-0.05, 0) is 25.0 Å². The highest BCUT2D eigenvalue weighted by Gasteiger charge is 2.25. The molecule has 0 aliphatic rings. The highest BCUT2D eigenvalue weighted by molar-refractivity contribution is 7.89. The molecule has 3 N–H and O–H groups in total. The van der Waals surface area contributed by atoms with Crippen LogP contribution in [0.4, 0.5) is 14.5 Å². The zero-order chi connectivity index (χ0) is 14.1. The zero-order valence-electron chi connectivity index (χ0n) is 10.4. The number of nitrogen functional groups attached to an aromatic ring is 1. The van der Waals surface area contributed by atoms with Crippen molar-refractivity contribution in [1.82, 2.24) is 4.72 Å². The van der Waals surface area contributed by atoms with E-state index in [-0.39, 0.29) is 11.6 Å². The zero-order valence-corrected chi connectivity index (χ0v) is 11.2. The van der Waals surface area contributed by atoms with E-state index in [9.17, 15) is 17.2 Å². The lowest BCUT2D eigenvalue weighted by atomic mass is 10.1. The van der Waals surface area contributed by atoms with Crippen molar-refractivity contribution in [1.29, 1.82) is 0 Å². The number of benzene rings is 1. The summed E-state index contributed by atoms with van der Waals surface area (Å²) in [7, 11) is -4.13. The molecule has 4 nitrogen and oxygen atoms in total. The summed E-state index contributed by atoms with van der Waals surface area (Å²) in [6.45, 7) is 5.26. The van der Waals surface area contributed by atoms with E-state index >= 15 is 0 Å². The van der Waals surface area contributed by atoms with Crippen molar-refractivity contribution in [2.24, 2.45) is 5.92 Å². The second-order valence-electron chi connectivity index (χ2n) is 4.47. The average Bonchev–Trinajstić information content (AvgIpc) is 2.22. The molecule has 0 amide bonds. The summed E-state index contributed by atoms with van der Waals surface area (Å²) in [5.74, 6) is -2.69. The van der Waals surface area contributed by atoms with Gasteiger partial charge in [0.25, 0.3) is 0 Å². The molecule has 1 atom stereocenters. The van der Waals surface area contributed by atoms with Crippen LogP contribution < -0.4 is 10.5 Å². The van der Waals surface area contributed by atoms with Gasteiger partial charge in [-0.15, -0.1) is 0 Å². The van der Waals surface area contributed by atoms with Crippen molar-refractivity contribution in [3.63, 3.8) is 0 Å². The van der Waals surface area contributed by atoms with E-state index in [0.29, 0.717) is 0 Å². The van der Waals surface area contributed by atoms with Gasteiger partial charge in [0.05, 0.1) is 0 Å². The predicted molar refractivity (Wildman–Crippen MR) is 65.4 cm³/mol. The first-order valence-electron chi connectivity index (χ1n) is 5.42. The van der Waals surface area contributed by atoms with Gasteiger partial charge in [0.1, 0.15) is 4.90 Å². The van der Waals surface area contributed by atoms with E-state index in [1.165, 1.54) is 0 Å². The second kappa shape index (κ2) is 5.19. The lowest BCUT2D eigenvalue weighted by Gasteiger charge is -2.18. The summed E-state index contributed by atoms with van der Waals surface area (Å²) in [5, 5.41) is 0. The van der Waals surface area contributed by atoms with Gasteiger partial charge in [-0.2, -0.15) is 0 Å². The molecule has 0 heterocycles. The maximum absolute atomic E-state index is 13.5. The number of halogens is 2. The minimum Gasteiger partial charge on any atom is -0.399 e. The molecule has 102 valence electrons. The number of sulfonamides is 1. The number of hydrogen-bond acceptors (Lipinski definition) is 3. The second-order valence-corrected chi connectivity index (χ2v) is 6.15. The van der Waals surface area contributed by atoms with Gasteiger partial charge in [0.15, 0.2) is 11.6 Å². The van der Waals surface area contributed by atoms with Crippen LogP contribution in [0, 0.1) is 17.6 Å². The Bertz CT molecular complexity index is 544. The quantitative estimate of drug-likeness (QED) is 0.826. The van der Waals surface area contributed by atoms with E-state index in [4.69, 9.17) is 5.73 Å².